The summed E-state index contributed by atoms with van der Waals surface area (Å²) in [4.78, 5) is 11.7. The molecule has 0 aliphatic heterocycles. The minimum Gasteiger partial charge on any atom is -0.469 e. The molecule has 2 bridgehead atoms. The average molecular weight is 306 g/mol. The first-order valence-corrected chi connectivity index (χ1v) is 7.22. The van der Waals surface area contributed by atoms with Crippen LogP contribution in [0.3, 0.4) is 0 Å². The lowest BCUT2D eigenvalue weighted by Gasteiger charge is -2.70. The van der Waals surface area contributed by atoms with Crippen LogP contribution >= 0.6 is 0 Å². The quantitative estimate of drug-likeness (QED) is 0.819. The van der Waals surface area contributed by atoms with Crippen LogP contribution in [0.2, 0.25) is 0 Å². The van der Waals surface area contributed by atoms with E-state index in [9.17, 15) is 13.6 Å². The molecule has 0 unspecified atom stereocenters. The molecule has 0 N–H and O–H groups in total. The van der Waals surface area contributed by atoms with Gasteiger partial charge in [0.1, 0.15) is 0 Å². The number of benzene rings is 1. The fraction of sp³-hybridized carbons (Fsp3) is 0.500. The van der Waals surface area contributed by atoms with Crippen LogP contribution in [0.4, 0.5) is 8.78 Å². The lowest BCUT2D eigenvalue weighted by molar-refractivity contribution is -0.315. The van der Waals surface area contributed by atoms with Gasteiger partial charge in [0.25, 0.3) is 5.92 Å². The molecule has 0 atom stereocenters. The zero-order valence-corrected chi connectivity index (χ0v) is 12.4. The van der Waals surface area contributed by atoms with E-state index in [1.807, 2.05) is 0 Å². The van der Waals surface area contributed by atoms with Gasteiger partial charge in [-0.3, -0.25) is 9.48 Å². The van der Waals surface area contributed by atoms with Crippen molar-refractivity contribution in [3.05, 3.63) is 30.0 Å². The highest BCUT2D eigenvalue weighted by molar-refractivity contribution is 5.82. The molecule has 6 heteroatoms. The summed E-state index contributed by atoms with van der Waals surface area (Å²) in [7, 11) is 3.09. The van der Waals surface area contributed by atoms with Gasteiger partial charge in [0, 0.05) is 23.4 Å². The van der Waals surface area contributed by atoms with Gasteiger partial charge in [-0.05, 0) is 31.4 Å². The Morgan fingerprint density at radius 2 is 2.05 bits per heavy atom. The molecule has 3 fully saturated rings. The molecule has 3 aliphatic rings. The number of aromatic nitrogens is 2. The fourth-order valence-electron chi connectivity index (χ4n) is 4.22. The van der Waals surface area contributed by atoms with Crippen LogP contribution < -0.4 is 0 Å². The number of alkyl halides is 2. The maximum absolute atomic E-state index is 14.9. The monoisotopic (exact) mass is 306 g/mol. The number of aryl methyl sites for hydroxylation is 1. The van der Waals surface area contributed by atoms with E-state index in [-0.39, 0.29) is 30.8 Å². The number of fused-ring (bicyclic) bond motifs is 1. The summed E-state index contributed by atoms with van der Waals surface area (Å²) in [5.74, 6) is -3.29. The van der Waals surface area contributed by atoms with E-state index >= 15 is 0 Å². The Bertz CT molecular complexity index is 777. The van der Waals surface area contributed by atoms with Crippen molar-refractivity contribution in [1.82, 2.24) is 9.78 Å². The molecule has 116 valence electrons. The van der Waals surface area contributed by atoms with E-state index in [1.165, 1.54) is 19.2 Å². The molecule has 0 saturated heterocycles. The van der Waals surface area contributed by atoms with Crippen LogP contribution in [0.25, 0.3) is 10.9 Å². The van der Waals surface area contributed by atoms with E-state index in [0.29, 0.717) is 5.39 Å². The van der Waals surface area contributed by atoms with Crippen LogP contribution in [-0.4, -0.2) is 22.9 Å². The van der Waals surface area contributed by atoms with E-state index in [1.54, 1.807) is 24.0 Å². The van der Waals surface area contributed by atoms with Crippen LogP contribution in [-0.2, 0) is 22.5 Å². The Kier molecular flexibility index (Phi) is 2.40. The van der Waals surface area contributed by atoms with E-state index in [4.69, 9.17) is 4.74 Å². The third kappa shape index (κ3) is 1.40. The number of rotatable bonds is 3. The van der Waals surface area contributed by atoms with Crippen LogP contribution in [0.5, 0.6) is 0 Å². The lowest BCUT2D eigenvalue weighted by Crippen LogP contribution is -2.71. The Morgan fingerprint density at radius 3 is 2.68 bits per heavy atom. The number of carbonyl (C=O) groups is 1. The van der Waals surface area contributed by atoms with Gasteiger partial charge in [0.15, 0.2) is 0 Å². The zero-order chi connectivity index (χ0) is 15.8. The first-order valence-electron chi connectivity index (χ1n) is 7.22. The SMILES string of the molecule is COC(=O)C12CC(C(F)(F)c3ccc4c(cnn4C)c3)(C1)C2. The van der Waals surface area contributed by atoms with Crippen molar-refractivity contribution in [3.63, 3.8) is 0 Å². The molecule has 3 aliphatic carbocycles. The standard InChI is InChI=1S/C16H16F2N2O2/c1-20-12-4-3-11(5-10(12)6-19-20)16(17,18)15-7-14(8-15,9-15)13(21)22-2/h3-6H,7-9H2,1-2H3. The number of hydrogen-bond acceptors (Lipinski definition) is 3. The van der Waals surface area contributed by atoms with Gasteiger partial charge in [-0.25, -0.2) is 8.78 Å². The minimum atomic E-state index is -2.94. The number of ether oxygens (including phenoxy) is 1. The number of carbonyl (C=O) groups excluding carboxylic acids is 1. The van der Waals surface area contributed by atoms with Crippen LogP contribution in [0.1, 0.15) is 24.8 Å². The summed E-state index contributed by atoms with van der Waals surface area (Å²) in [6.45, 7) is 0. The highest BCUT2D eigenvalue weighted by Crippen LogP contribution is 2.80. The smallest absolute Gasteiger partial charge is 0.311 e. The minimum absolute atomic E-state index is 0.00571. The third-order valence-corrected chi connectivity index (χ3v) is 5.42. The van der Waals surface area contributed by atoms with Crippen molar-refractivity contribution in [2.45, 2.75) is 25.2 Å². The highest BCUT2D eigenvalue weighted by atomic mass is 19.3. The summed E-state index contributed by atoms with van der Waals surface area (Å²) < 4.78 is 36.2. The summed E-state index contributed by atoms with van der Waals surface area (Å²) in [6.07, 6.45) is 2.23. The third-order valence-electron chi connectivity index (χ3n) is 5.42. The van der Waals surface area contributed by atoms with E-state index in [0.717, 1.165) is 5.52 Å². The van der Waals surface area contributed by atoms with E-state index in [2.05, 4.69) is 5.10 Å². The zero-order valence-electron chi connectivity index (χ0n) is 12.4. The van der Waals surface area contributed by atoms with Gasteiger partial charge >= 0.3 is 5.97 Å². The predicted molar refractivity (Wildman–Crippen MR) is 75.3 cm³/mol. The Balaban J connectivity index is 1.66. The van der Waals surface area contributed by atoms with Gasteiger partial charge in [-0.1, -0.05) is 6.07 Å². The second-order valence-corrected chi connectivity index (χ2v) is 6.70. The maximum atomic E-state index is 14.9. The van der Waals surface area contributed by atoms with Crippen molar-refractivity contribution in [2.75, 3.05) is 7.11 Å². The highest BCUT2D eigenvalue weighted by Gasteiger charge is 2.80. The second-order valence-electron chi connectivity index (χ2n) is 6.70. The summed E-state index contributed by atoms with van der Waals surface area (Å²) in [5, 5.41) is 4.78. The van der Waals surface area contributed by atoms with Crippen molar-refractivity contribution >= 4 is 16.9 Å². The molecule has 1 aromatic heterocycles. The molecule has 4 nitrogen and oxygen atoms in total. The molecular formula is C16H16F2N2O2. The molecule has 5 rings (SSSR count). The van der Waals surface area contributed by atoms with Gasteiger partial charge in [-0.2, -0.15) is 5.10 Å². The number of hydrogen-bond donors (Lipinski definition) is 0. The molecule has 0 spiro atoms. The molecule has 0 amide bonds. The molecule has 1 aromatic carbocycles. The fourth-order valence-corrected chi connectivity index (χ4v) is 4.22. The number of esters is 1. The van der Waals surface area contributed by atoms with Crippen molar-refractivity contribution in [2.24, 2.45) is 17.9 Å². The molecule has 2 aromatic rings. The van der Waals surface area contributed by atoms with Crippen molar-refractivity contribution in [1.29, 1.82) is 0 Å². The van der Waals surface area contributed by atoms with E-state index < -0.39 is 16.8 Å². The normalized spacial score (nSPS) is 29.8. The lowest BCUT2D eigenvalue weighted by atomic mass is 9.33. The topological polar surface area (TPSA) is 44.1 Å². The maximum Gasteiger partial charge on any atom is 0.311 e. The van der Waals surface area contributed by atoms with Crippen molar-refractivity contribution in [3.8, 4) is 0 Å². The second kappa shape index (κ2) is 3.86. The van der Waals surface area contributed by atoms with Gasteiger partial charge in [0.2, 0.25) is 0 Å². The number of halogens is 2. The average Bonchev–Trinajstić information content (AvgIpc) is 2.76. The van der Waals surface area contributed by atoms with Gasteiger partial charge < -0.3 is 4.74 Å². The summed E-state index contributed by atoms with van der Waals surface area (Å²) in [6, 6.07) is 4.65. The number of methoxy groups -OCH3 is 1. The Hall–Kier alpha value is -1.98. The molecule has 1 heterocycles. The van der Waals surface area contributed by atoms with Gasteiger partial charge in [-0.15, -0.1) is 0 Å². The largest absolute Gasteiger partial charge is 0.469 e. The summed E-state index contributed by atoms with van der Waals surface area (Å²) >= 11 is 0. The first kappa shape index (κ1) is 13.7. The summed E-state index contributed by atoms with van der Waals surface area (Å²) in [5.41, 5.74) is -0.914. The molecular weight excluding hydrogens is 290 g/mol. The molecule has 22 heavy (non-hydrogen) atoms. The van der Waals surface area contributed by atoms with Gasteiger partial charge in [0.05, 0.1) is 24.2 Å². The Morgan fingerprint density at radius 1 is 1.36 bits per heavy atom. The molecule has 3 saturated carbocycles. The van der Waals surface area contributed by atoms with Crippen LogP contribution in [0.15, 0.2) is 24.4 Å². The van der Waals surface area contributed by atoms with Crippen LogP contribution in [0, 0.1) is 10.8 Å². The first-order chi connectivity index (χ1) is 10.3. The number of nitrogens with zero attached hydrogens (tertiary/aromatic N) is 2. The van der Waals surface area contributed by atoms with Crippen molar-refractivity contribution < 1.29 is 18.3 Å². The Labute approximate surface area is 126 Å². The molecule has 0 radical (unpaired) electrons. The predicted octanol–water partition coefficient (Wildman–Crippen LogP) is 3.01.